The second kappa shape index (κ2) is 5.99. The van der Waals surface area contributed by atoms with Crippen molar-refractivity contribution in [2.45, 2.75) is 71.2 Å². The smallest absolute Gasteiger partial charge is 0.351 e. The molecule has 2 fully saturated rings. The summed E-state index contributed by atoms with van der Waals surface area (Å²) in [6.07, 6.45) is 2.32. The summed E-state index contributed by atoms with van der Waals surface area (Å²) in [4.78, 5) is 38.2. The Morgan fingerprint density at radius 1 is 1.38 bits per heavy atom. The van der Waals surface area contributed by atoms with Gasteiger partial charge in [-0.15, -0.1) is 0 Å². The molecule has 0 saturated carbocycles. The van der Waals surface area contributed by atoms with Crippen LogP contribution >= 0.6 is 0 Å². The Balaban J connectivity index is 2.50. The minimum Gasteiger partial charge on any atom is -0.465 e. The average Bonchev–Trinajstić information content (AvgIpc) is 2.72. The second-order valence-corrected chi connectivity index (χ2v) is 7.60. The van der Waals surface area contributed by atoms with Crippen LogP contribution in [-0.4, -0.2) is 41.1 Å². The Morgan fingerprint density at radius 3 is 2.50 bits per heavy atom. The number of hydrogen-bond donors (Lipinski definition) is 0. The number of rotatable bonds is 3. The lowest BCUT2D eigenvalue weighted by molar-refractivity contribution is -0.201. The van der Waals surface area contributed by atoms with E-state index in [4.69, 9.17) is 14.2 Å². The van der Waals surface area contributed by atoms with Crippen molar-refractivity contribution >= 4 is 17.7 Å². The summed E-state index contributed by atoms with van der Waals surface area (Å²) < 4.78 is 16.4. The van der Waals surface area contributed by atoms with Gasteiger partial charge >= 0.3 is 11.9 Å². The van der Waals surface area contributed by atoms with Gasteiger partial charge in [-0.25, -0.2) is 4.79 Å². The minimum absolute atomic E-state index is 0.177. The van der Waals surface area contributed by atoms with Crippen molar-refractivity contribution in [2.75, 3.05) is 6.61 Å². The molecule has 2 bridgehead atoms. The molecule has 6 heteroatoms. The fourth-order valence-corrected chi connectivity index (χ4v) is 3.45. The molecule has 0 aromatic carbocycles. The van der Waals surface area contributed by atoms with Gasteiger partial charge < -0.3 is 14.2 Å². The van der Waals surface area contributed by atoms with Crippen LogP contribution in [0.2, 0.25) is 0 Å². The van der Waals surface area contributed by atoms with Gasteiger partial charge in [0.25, 0.3) is 0 Å². The summed E-state index contributed by atoms with van der Waals surface area (Å²) in [5.41, 5.74) is -2.84. The molecular weight excluding hydrogens is 312 g/mol. The van der Waals surface area contributed by atoms with Gasteiger partial charge in [-0.2, -0.15) is 0 Å². The first kappa shape index (κ1) is 18.6. The van der Waals surface area contributed by atoms with Crippen LogP contribution in [0.1, 0.15) is 54.4 Å². The first-order chi connectivity index (χ1) is 11.0. The van der Waals surface area contributed by atoms with Gasteiger partial charge in [0.15, 0.2) is 5.78 Å². The molecule has 0 aliphatic carbocycles. The number of ketones is 1. The number of carbonyl (C=O) groups excluding carboxylic acids is 3. The summed E-state index contributed by atoms with van der Waals surface area (Å²) in [7, 11) is 0. The third-order valence-electron chi connectivity index (χ3n) is 4.32. The lowest BCUT2D eigenvalue weighted by Gasteiger charge is -2.39. The van der Waals surface area contributed by atoms with Crippen molar-refractivity contribution < 1.29 is 28.6 Å². The molecule has 0 N–H and O–H groups in total. The van der Waals surface area contributed by atoms with E-state index in [1.165, 1.54) is 0 Å². The van der Waals surface area contributed by atoms with E-state index in [-0.39, 0.29) is 13.0 Å². The average molecular weight is 338 g/mol. The minimum atomic E-state index is -1.84. The Morgan fingerprint density at radius 2 is 2.00 bits per heavy atom. The van der Waals surface area contributed by atoms with Gasteiger partial charge in [0.2, 0.25) is 5.60 Å². The fraction of sp³-hybridized carbons (Fsp3) is 0.722. The van der Waals surface area contributed by atoms with Gasteiger partial charge in [-0.1, -0.05) is 6.08 Å². The zero-order chi connectivity index (χ0) is 18.3. The summed E-state index contributed by atoms with van der Waals surface area (Å²) in [5, 5.41) is 0. The molecule has 134 valence electrons. The first-order valence-corrected chi connectivity index (χ1v) is 8.29. The fourth-order valence-electron chi connectivity index (χ4n) is 3.45. The van der Waals surface area contributed by atoms with Crippen LogP contribution in [0.15, 0.2) is 11.6 Å². The van der Waals surface area contributed by atoms with E-state index in [1.807, 2.05) is 0 Å². The maximum atomic E-state index is 13.1. The van der Waals surface area contributed by atoms with E-state index in [2.05, 4.69) is 0 Å². The third-order valence-corrected chi connectivity index (χ3v) is 4.32. The predicted molar refractivity (Wildman–Crippen MR) is 86.2 cm³/mol. The van der Waals surface area contributed by atoms with Crippen LogP contribution < -0.4 is 0 Å². The highest BCUT2D eigenvalue weighted by Gasteiger charge is 2.68. The van der Waals surface area contributed by atoms with E-state index in [0.717, 1.165) is 0 Å². The highest BCUT2D eigenvalue weighted by atomic mass is 16.6. The largest absolute Gasteiger partial charge is 0.465 e. The highest BCUT2D eigenvalue weighted by molar-refractivity contribution is 6.18. The molecule has 24 heavy (non-hydrogen) atoms. The van der Waals surface area contributed by atoms with Crippen LogP contribution in [0.3, 0.4) is 0 Å². The zero-order valence-electron chi connectivity index (χ0n) is 15.2. The summed E-state index contributed by atoms with van der Waals surface area (Å²) in [6.45, 7) is 10.6. The molecule has 0 aromatic rings. The summed E-state index contributed by atoms with van der Waals surface area (Å²) in [5.74, 6) is -2.97. The van der Waals surface area contributed by atoms with Crippen molar-refractivity contribution in [3.63, 3.8) is 0 Å². The zero-order valence-corrected chi connectivity index (χ0v) is 15.2. The molecule has 6 nitrogen and oxygen atoms in total. The number of esters is 2. The van der Waals surface area contributed by atoms with Crippen LogP contribution in [0.4, 0.5) is 0 Å². The van der Waals surface area contributed by atoms with E-state index >= 15 is 0 Å². The van der Waals surface area contributed by atoms with E-state index in [1.54, 1.807) is 47.6 Å². The van der Waals surface area contributed by atoms with Gasteiger partial charge in [0.05, 0.1) is 12.2 Å². The molecule has 0 radical (unpaired) electrons. The Kier molecular flexibility index (Phi) is 4.65. The number of hydrogen-bond acceptors (Lipinski definition) is 6. The van der Waals surface area contributed by atoms with Gasteiger partial charge in [0.1, 0.15) is 11.5 Å². The molecule has 0 unspecified atom stereocenters. The van der Waals surface area contributed by atoms with E-state index < -0.39 is 40.4 Å². The number of fused-ring (bicyclic) bond motifs is 2. The van der Waals surface area contributed by atoms with Crippen molar-refractivity contribution in [2.24, 2.45) is 5.92 Å². The first-order valence-electron chi connectivity index (χ1n) is 8.29. The molecule has 3 atom stereocenters. The Labute approximate surface area is 142 Å². The normalized spacial score (nSPS) is 34.3. The third kappa shape index (κ3) is 2.99. The monoisotopic (exact) mass is 338 g/mol. The molecule has 0 aromatic heterocycles. The maximum Gasteiger partial charge on any atom is 0.351 e. The van der Waals surface area contributed by atoms with E-state index in [9.17, 15) is 14.4 Å². The lowest BCUT2D eigenvalue weighted by atomic mass is 9.81. The van der Waals surface area contributed by atoms with Crippen molar-refractivity contribution in [3.8, 4) is 0 Å². The second-order valence-electron chi connectivity index (χ2n) is 7.60. The lowest BCUT2D eigenvalue weighted by Crippen LogP contribution is -2.59. The van der Waals surface area contributed by atoms with Crippen molar-refractivity contribution in [1.29, 1.82) is 0 Å². The number of allylic oxidation sites excluding steroid dienone is 1. The molecule has 0 spiro atoms. The number of Topliss-reactive ketones (excluding diaryl/α,β-unsaturated/α-hetero) is 1. The maximum absolute atomic E-state index is 13.1. The molecule has 2 aliphatic rings. The van der Waals surface area contributed by atoms with Crippen LogP contribution in [0.5, 0.6) is 0 Å². The van der Waals surface area contributed by atoms with E-state index in [0.29, 0.717) is 12.0 Å². The molecule has 2 saturated heterocycles. The standard InChI is InChI=1S/C18H26O6/c1-7-11-9-17(6)10-12(14(20)22-8-2)13(19)18(11,24-17)15(21)23-16(3,4)5/h7,12H,8-10H2,1-6H3/b11-7+/t12-,17+,18-/m0/s1. The number of carbonyl (C=O) groups is 3. The predicted octanol–water partition coefficient (Wildman–Crippen LogP) is 2.34. The topological polar surface area (TPSA) is 78.9 Å². The van der Waals surface area contributed by atoms with Crippen molar-refractivity contribution in [1.82, 2.24) is 0 Å². The summed E-state index contributed by atoms with van der Waals surface area (Å²) >= 11 is 0. The molecule has 2 heterocycles. The van der Waals surface area contributed by atoms with Crippen LogP contribution in [-0.2, 0) is 28.6 Å². The van der Waals surface area contributed by atoms with Crippen LogP contribution in [0.25, 0.3) is 0 Å². The van der Waals surface area contributed by atoms with Gasteiger partial charge in [0, 0.05) is 6.42 Å². The Bertz CT molecular complexity index is 599. The molecule has 0 amide bonds. The van der Waals surface area contributed by atoms with Crippen molar-refractivity contribution in [3.05, 3.63) is 11.6 Å². The highest BCUT2D eigenvalue weighted by Crippen LogP contribution is 2.52. The van der Waals surface area contributed by atoms with Crippen LogP contribution in [0, 0.1) is 5.92 Å². The SMILES string of the molecule is C/C=C1\C[C@]2(C)C[C@H](C(=O)OCC)C(=O)[C@@]1(C(=O)OC(C)(C)C)O2. The molecular formula is C18H26O6. The molecule has 2 rings (SSSR count). The molecule has 2 aliphatic heterocycles. The quantitative estimate of drug-likeness (QED) is 0.446. The van der Waals surface area contributed by atoms with Gasteiger partial charge in [-0.3, -0.25) is 9.59 Å². The number of ether oxygens (including phenoxy) is 3. The van der Waals surface area contributed by atoms with Gasteiger partial charge in [-0.05, 0) is 53.5 Å². The summed E-state index contributed by atoms with van der Waals surface area (Å²) in [6, 6.07) is 0. The Hall–Kier alpha value is -1.69.